The van der Waals surface area contributed by atoms with Crippen LogP contribution in [0.1, 0.15) is 25.7 Å². The Bertz CT molecular complexity index is 393. The molecule has 2 aliphatic rings. The molecule has 6 nitrogen and oxygen atoms in total. The molecular weight excluding hydrogens is 242 g/mol. The summed E-state index contributed by atoms with van der Waals surface area (Å²) in [7, 11) is -2.89. The van der Waals surface area contributed by atoms with Gasteiger partial charge in [0.25, 0.3) is 0 Å². The first kappa shape index (κ1) is 12.8. The summed E-state index contributed by atoms with van der Waals surface area (Å²) in [6.45, 7) is 1.15. The summed E-state index contributed by atoms with van der Waals surface area (Å²) in [4.78, 5) is 11.8. The fourth-order valence-electron chi connectivity index (χ4n) is 2.42. The fraction of sp³-hybridized carbons (Fsp3) is 0.900. The summed E-state index contributed by atoms with van der Waals surface area (Å²) in [5.74, 6) is 0.411. The zero-order chi connectivity index (χ0) is 12.5. The molecule has 2 rings (SSSR count). The van der Waals surface area contributed by atoms with E-state index in [1.807, 2.05) is 0 Å². The van der Waals surface area contributed by atoms with E-state index in [0.29, 0.717) is 32.4 Å². The van der Waals surface area contributed by atoms with Crippen LogP contribution in [0.25, 0.3) is 0 Å². The first-order valence-electron chi connectivity index (χ1n) is 5.95. The van der Waals surface area contributed by atoms with Crippen LogP contribution in [-0.2, 0) is 14.6 Å². The highest BCUT2D eigenvalue weighted by Crippen LogP contribution is 2.32. The molecule has 0 aromatic carbocycles. The number of hydrogen-bond donors (Lipinski definition) is 2. The second-order valence-electron chi connectivity index (χ2n) is 4.91. The van der Waals surface area contributed by atoms with Crippen LogP contribution in [0.5, 0.6) is 0 Å². The van der Waals surface area contributed by atoms with Gasteiger partial charge in [-0.1, -0.05) is 0 Å². The molecule has 7 heteroatoms. The van der Waals surface area contributed by atoms with Gasteiger partial charge in [0.1, 0.15) is 9.84 Å². The molecule has 0 aromatic rings. The maximum atomic E-state index is 11.8. The lowest BCUT2D eigenvalue weighted by atomic mass is 9.91. The second kappa shape index (κ2) is 4.55. The maximum Gasteiger partial charge on any atom is 0.238 e. The molecule has 2 fully saturated rings. The monoisotopic (exact) mass is 261 g/mol. The molecule has 0 aromatic heterocycles. The lowest BCUT2D eigenvalue weighted by molar-refractivity contribution is -0.129. The Labute approximate surface area is 101 Å². The van der Waals surface area contributed by atoms with Crippen LogP contribution in [0.3, 0.4) is 0 Å². The zero-order valence-corrected chi connectivity index (χ0v) is 10.6. The number of nitrogens with two attached hydrogens (primary N) is 1. The van der Waals surface area contributed by atoms with Crippen LogP contribution < -0.4 is 11.2 Å². The van der Waals surface area contributed by atoms with Crippen LogP contribution in [0.2, 0.25) is 0 Å². The molecule has 0 unspecified atom stereocenters. The highest BCUT2D eigenvalue weighted by Gasteiger charge is 2.45. The fourth-order valence-corrected chi connectivity index (χ4v) is 4.03. The smallest absolute Gasteiger partial charge is 0.238 e. The molecule has 1 amide bonds. The second-order valence-corrected chi connectivity index (χ2v) is 7.21. The van der Waals surface area contributed by atoms with Crippen molar-refractivity contribution in [2.24, 2.45) is 5.73 Å². The summed E-state index contributed by atoms with van der Waals surface area (Å²) in [5, 5.41) is 1.60. The Kier molecular flexibility index (Phi) is 3.42. The van der Waals surface area contributed by atoms with Crippen molar-refractivity contribution < 1.29 is 13.2 Å². The van der Waals surface area contributed by atoms with E-state index in [2.05, 4.69) is 5.43 Å². The number of nitrogens with zero attached hydrogens (tertiary/aromatic N) is 1. The molecule has 1 spiro atoms. The third-order valence-electron chi connectivity index (χ3n) is 3.53. The van der Waals surface area contributed by atoms with Crippen molar-refractivity contribution in [2.45, 2.75) is 31.2 Å². The van der Waals surface area contributed by atoms with Crippen molar-refractivity contribution in [3.8, 4) is 0 Å². The van der Waals surface area contributed by atoms with Gasteiger partial charge >= 0.3 is 0 Å². The summed E-state index contributed by atoms with van der Waals surface area (Å²) in [6, 6.07) is 0. The highest BCUT2D eigenvalue weighted by atomic mass is 32.2. The molecule has 0 aliphatic carbocycles. The summed E-state index contributed by atoms with van der Waals surface area (Å²) < 4.78 is 22.8. The molecule has 2 saturated heterocycles. The lowest BCUT2D eigenvalue weighted by Crippen LogP contribution is -2.51. The standard InChI is InChI=1S/C10H19N3O3S/c11-4-1-5-13-9(14)8-10(12-13)2-6-17(15,16)7-3-10/h12H,1-8,11H2. The van der Waals surface area contributed by atoms with Gasteiger partial charge in [-0.05, 0) is 25.8 Å². The molecule has 0 atom stereocenters. The number of rotatable bonds is 3. The van der Waals surface area contributed by atoms with Gasteiger partial charge in [0, 0.05) is 18.5 Å². The Morgan fingerprint density at radius 3 is 2.59 bits per heavy atom. The predicted molar refractivity (Wildman–Crippen MR) is 63.8 cm³/mol. The molecule has 0 bridgehead atoms. The van der Waals surface area contributed by atoms with E-state index in [1.165, 1.54) is 0 Å². The van der Waals surface area contributed by atoms with Gasteiger partial charge in [-0.2, -0.15) is 0 Å². The van der Waals surface area contributed by atoms with E-state index in [-0.39, 0.29) is 23.0 Å². The third kappa shape index (κ3) is 2.78. The average molecular weight is 261 g/mol. The van der Waals surface area contributed by atoms with Crippen molar-refractivity contribution >= 4 is 15.7 Å². The molecule has 3 N–H and O–H groups in total. The normalized spacial score (nSPS) is 26.6. The first-order chi connectivity index (χ1) is 7.96. The quantitative estimate of drug-likeness (QED) is 0.681. The number of carbonyl (C=O) groups is 1. The number of hydrogen-bond acceptors (Lipinski definition) is 5. The van der Waals surface area contributed by atoms with Gasteiger partial charge in [0.15, 0.2) is 0 Å². The largest absolute Gasteiger partial charge is 0.330 e. The Morgan fingerprint density at radius 2 is 2.00 bits per heavy atom. The molecule has 2 heterocycles. The van der Waals surface area contributed by atoms with Gasteiger partial charge in [-0.3, -0.25) is 9.80 Å². The number of amides is 1. The molecular formula is C10H19N3O3S. The Balaban J connectivity index is 1.98. The van der Waals surface area contributed by atoms with Crippen LogP contribution >= 0.6 is 0 Å². The van der Waals surface area contributed by atoms with Crippen LogP contribution in [0.4, 0.5) is 0 Å². The first-order valence-corrected chi connectivity index (χ1v) is 7.77. The van der Waals surface area contributed by atoms with Crippen molar-refractivity contribution in [3.05, 3.63) is 0 Å². The predicted octanol–water partition coefficient (Wildman–Crippen LogP) is -0.980. The van der Waals surface area contributed by atoms with E-state index in [1.54, 1.807) is 5.01 Å². The molecule has 0 radical (unpaired) electrons. The topological polar surface area (TPSA) is 92.5 Å². The molecule has 17 heavy (non-hydrogen) atoms. The van der Waals surface area contributed by atoms with Gasteiger partial charge in [-0.25, -0.2) is 13.8 Å². The van der Waals surface area contributed by atoms with Crippen molar-refractivity contribution in [3.63, 3.8) is 0 Å². The Morgan fingerprint density at radius 1 is 1.35 bits per heavy atom. The highest BCUT2D eigenvalue weighted by molar-refractivity contribution is 7.91. The minimum Gasteiger partial charge on any atom is -0.330 e. The van der Waals surface area contributed by atoms with E-state index in [0.717, 1.165) is 6.42 Å². The molecule has 2 aliphatic heterocycles. The Hall–Kier alpha value is -0.660. The van der Waals surface area contributed by atoms with Crippen LogP contribution in [-0.4, -0.2) is 49.5 Å². The van der Waals surface area contributed by atoms with E-state index in [9.17, 15) is 13.2 Å². The number of carbonyl (C=O) groups excluding carboxylic acids is 1. The van der Waals surface area contributed by atoms with Crippen molar-refractivity contribution in [1.82, 2.24) is 10.4 Å². The van der Waals surface area contributed by atoms with Gasteiger partial charge in [0.05, 0.1) is 11.5 Å². The summed E-state index contributed by atoms with van der Waals surface area (Å²) in [6.07, 6.45) is 2.22. The van der Waals surface area contributed by atoms with Crippen molar-refractivity contribution in [2.75, 3.05) is 24.6 Å². The van der Waals surface area contributed by atoms with Gasteiger partial charge in [-0.15, -0.1) is 0 Å². The van der Waals surface area contributed by atoms with Gasteiger partial charge in [0.2, 0.25) is 5.91 Å². The minimum absolute atomic E-state index is 0.0535. The molecule has 0 saturated carbocycles. The number of nitrogens with one attached hydrogen (secondary N) is 1. The van der Waals surface area contributed by atoms with Crippen LogP contribution in [0, 0.1) is 0 Å². The van der Waals surface area contributed by atoms with E-state index >= 15 is 0 Å². The van der Waals surface area contributed by atoms with Gasteiger partial charge < -0.3 is 5.73 Å². The summed E-state index contributed by atoms with van der Waals surface area (Å²) >= 11 is 0. The maximum absolute atomic E-state index is 11.8. The van der Waals surface area contributed by atoms with E-state index < -0.39 is 9.84 Å². The third-order valence-corrected chi connectivity index (χ3v) is 5.18. The SMILES string of the molecule is NCCCN1NC2(CCS(=O)(=O)CC2)CC1=O. The van der Waals surface area contributed by atoms with E-state index in [4.69, 9.17) is 5.73 Å². The summed E-state index contributed by atoms with van der Waals surface area (Å²) in [5.41, 5.74) is 8.28. The minimum atomic E-state index is -2.89. The van der Waals surface area contributed by atoms with Crippen molar-refractivity contribution in [1.29, 1.82) is 0 Å². The van der Waals surface area contributed by atoms with Crippen LogP contribution in [0.15, 0.2) is 0 Å². The zero-order valence-electron chi connectivity index (χ0n) is 9.81. The number of hydrazine groups is 1. The molecule has 98 valence electrons. The average Bonchev–Trinajstić information content (AvgIpc) is 2.58. The lowest BCUT2D eigenvalue weighted by Gasteiger charge is -2.33. The number of sulfone groups is 1.